The average Bonchev–Trinajstić information content (AvgIpc) is 3.30. The number of carbonyl (C=O) groups excluding carboxylic acids is 2. The minimum Gasteiger partial charge on any atom is -0.492 e. The highest BCUT2D eigenvalue weighted by Gasteiger charge is 2.35. The van der Waals surface area contributed by atoms with Crippen LogP contribution in [-0.2, 0) is 4.79 Å². The SMILES string of the molecule is Cc1cccc(OCCN2C(=O)S/C(=C\c3ccc(-c4cc(Cl)ccc4Cl)o3)C2=O)c1. The average molecular weight is 474 g/mol. The van der Waals surface area contributed by atoms with Gasteiger partial charge in [-0.15, -0.1) is 0 Å². The van der Waals surface area contributed by atoms with Gasteiger partial charge in [-0.1, -0.05) is 35.3 Å². The third kappa shape index (κ3) is 4.98. The van der Waals surface area contributed by atoms with E-state index in [-0.39, 0.29) is 24.3 Å². The second-order valence-electron chi connectivity index (χ2n) is 6.82. The van der Waals surface area contributed by atoms with Crippen molar-refractivity contribution in [2.24, 2.45) is 0 Å². The predicted molar refractivity (Wildman–Crippen MR) is 124 cm³/mol. The third-order valence-electron chi connectivity index (χ3n) is 4.54. The topological polar surface area (TPSA) is 59.8 Å². The van der Waals surface area contributed by atoms with Crippen molar-refractivity contribution in [1.82, 2.24) is 4.90 Å². The molecule has 2 aromatic carbocycles. The molecular formula is C23H17Cl2NO4S. The molecule has 0 radical (unpaired) electrons. The van der Waals surface area contributed by atoms with Crippen LogP contribution < -0.4 is 4.74 Å². The number of benzene rings is 2. The zero-order chi connectivity index (χ0) is 22.0. The highest BCUT2D eigenvalue weighted by atomic mass is 35.5. The lowest BCUT2D eigenvalue weighted by Crippen LogP contribution is -2.32. The first-order valence-corrected chi connectivity index (χ1v) is 11.0. The van der Waals surface area contributed by atoms with Gasteiger partial charge < -0.3 is 9.15 Å². The summed E-state index contributed by atoms with van der Waals surface area (Å²) < 4.78 is 11.5. The van der Waals surface area contributed by atoms with Crippen molar-refractivity contribution in [3.8, 4) is 17.1 Å². The molecule has 0 N–H and O–H groups in total. The van der Waals surface area contributed by atoms with Gasteiger partial charge in [0.25, 0.3) is 11.1 Å². The molecule has 5 nitrogen and oxygen atoms in total. The van der Waals surface area contributed by atoms with Gasteiger partial charge >= 0.3 is 0 Å². The van der Waals surface area contributed by atoms with E-state index < -0.39 is 0 Å². The summed E-state index contributed by atoms with van der Waals surface area (Å²) >= 11 is 13.1. The van der Waals surface area contributed by atoms with E-state index in [1.807, 2.05) is 31.2 Å². The summed E-state index contributed by atoms with van der Waals surface area (Å²) in [6, 6.07) is 16.1. The van der Waals surface area contributed by atoms with Gasteiger partial charge in [0.05, 0.1) is 16.5 Å². The van der Waals surface area contributed by atoms with Crippen molar-refractivity contribution >= 4 is 52.2 Å². The first-order chi connectivity index (χ1) is 14.9. The molecule has 0 unspecified atom stereocenters. The number of rotatable bonds is 6. The third-order valence-corrected chi connectivity index (χ3v) is 6.01. The van der Waals surface area contributed by atoms with Crippen molar-refractivity contribution in [1.29, 1.82) is 0 Å². The first-order valence-electron chi connectivity index (χ1n) is 9.41. The zero-order valence-electron chi connectivity index (χ0n) is 16.4. The van der Waals surface area contributed by atoms with Crippen LogP contribution in [0.15, 0.2) is 63.9 Å². The maximum absolute atomic E-state index is 12.7. The number of aryl methyl sites for hydroxylation is 1. The summed E-state index contributed by atoms with van der Waals surface area (Å²) in [7, 11) is 0. The number of hydrogen-bond acceptors (Lipinski definition) is 5. The molecule has 31 heavy (non-hydrogen) atoms. The molecule has 2 amide bonds. The molecule has 1 aliphatic rings. The molecule has 0 saturated carbocycles. The summed E-state index contributed by atoms with van der Waals surface area (Å²) in [6.45, 7) is 2.35. The minimum atomic E-state index is -0.374. The van der Waals surface area contributed by atoms with Crippen molar-refractivity contribution in [3.05, 3.63) is 80.9 Å². The predicted octanol–water partition coefficient (Wildman–Crippen LogP) is 6.68. The molecule has 1 fully saturated rings. The van der Waals surface area contributed by atoms with Crippen LogP contribution >= 0.6 is 35.0 Å². The van der Waals surface area contributed by atoms with Gasteiger partial charge in [0.1, 0.15) is 23.9 Å². The summed E-state index contributed by atoms with van der Waals surface area (Å²) in [5, 5.41) is 0.694. The molecule has 1 aliphatic heterocycles. The van der Waals surface area contributed by atoms with Gasteiger partial charge in [-0.05, 0) is 66.7 Å². The molecular weight excluding hydrogens is 457 g/mol. The van der Waals surface area contributed by atoms with Crippen LogP contribution in [0.25, 0.3) is 17.4 Å². The Hall–Kier alpha value is -2.67. The van der Waals surface area contributed by atoms with Crippen molar-refractivity contribution in [2.75, 3.05) is 13.2 Å². The Labute approximate surface area is 193 Å². The summed E-state index contributed by atoms with van der Waals surface area (Å²) in [6.07, 6.45) is 1.55. The highest BCUT2D eigenvalue weighted by Crippen LogP contribution is 2.35. The number of halogens is 2. The van der Waals surface area contributed by atoms with E-state index in [1.165, 1.54) is 4.90 Å². The number of nitrogens with zero attached hydrogens (tertiary/aromatic N) is 1. The second-order valence-corrected chi connectivity index (χ2v) is 8.66. The van der Waals surface area contributed by atoms with Crippen LogP contribution in [0.2, 0.25) is 10.0 Å². The van der Waals surface area contributed by atoms with Gasteiger partial charge in [-0.25, -0.2) is 0 Å². The lowest BCUT2D eigenvalue weighted by molar-refractivity contribution is -0.123. The minimum absolute atomic E-state index is 0.164. The van der Waals surface area contributed by atoms with E-state index in [2.05, 4.69) is 0 Å². The smallest absolute Gasteiger partial charge is 0.293 e. The zero-order valence-corrected chi connectivity index (χ0v) is 18.8. The maximum Gasteiger partial charge on any atom is 0.293 e. The lowest BCUT2D eigenvalue weighted by Gasteiger charge is -2.13. The molecule has 0 aliphatic carbocycles. The fourth-order valence-corrected chi connectivity index (χ4v) is 4.27. The molecule has 0 spiro atoms. The van der Waals surface area contributed by atoms with E-state index in [0.717, 1.165) is 17.3 Å². The fraction of sp³-hybridized carbons (Fsp3) is 0.130. The fourth-order valence-electron chi connectivity index (χ4n) is 3.04. The lowest BCUT2D eigenvalue weighted by atomic mass is 10.2. The number of imide groups is 1. The monoisotopic (exact) mass is 473 g/mol. The van der Waals surface area contributed by atoms with Crippen molar-refractivity contribution < 1.29 is 18.7 Å². The number of thioether (sulfide) groups is 1. The van der Waals surface area contributed by atoms with Crippen LogP contribution in [0, 0.1) is 6.92 Å². The van der Waals surface area contributed by atoms with Crippen LogP contribution in [-0.4, -0.2) is 29.2 Å². The molecule has 1 aromatic heterocycles. The van der Waals surface area contributed by atoms with Gasteiger partial charge in [0, 0.05) is 16.7 Å². The highest BCUT2D eigenvalue weighted by molar-refractivity contribution is 8.18. The quantitative estimate of drug-likeness (QED) is 0.373. The van der Waals surface area contributed by atoms with E-state index in [9.17, 15) is 9.59 Å². The van der Waals surface area contributed by atoms with Crippen LogP contribution in [0.1, 0.15) is 11.3 Å². The first kappa shape index (κ1) is 21.6. The molecule has 2 heterocycles. The Morgan fingerprint density at radius 1 is 1.10 bits per heavy atom. The molecule has 3 aromatic rings. The Bertz CT molecular complexity index is 1190. The summed E-state index contributed by atoms with van der Waals surface area (Å²) in [5.41, 5.74) is 1.72. The Balaban J connectivity index is 1.43. The maximum atomic E-state index is 12.7. The molecule has 0 atom stereocenters. The van der Waals surface area contributed by atoms with Crippen molar-refractivity contribution in [2.45, 2.75) is 6.92 Å². The van der Waals surface area contributed by atoms with Gasteiger partial charge in [0.2, 0.25) is 0 Å². The number of amides is 2. The van der Waals surface area contributed by atoms with Crippen molar-refractivity contribution in [3.63, 3.8) is 0 Å². The van der Waals surface area contributed by atoms with E-state index in [4.69, 9.17) is 32.4 Å². The molecule has 0 bridgehead atoms. The number of hydrogen-bond donors (Lipinski definition) is 0. The number of furan rings is 1. The number of carbonyl (C=O) groups is 2. The Kier molecular flexibility index (Phi) is 6.41. The molecule has 8 heteroatoms. The van der Waals surface area contributed by atoms with Crippen LogP contribution in [0.5, 0.6) is 5.75 Å². The standard InChI is InChI=1S/C23H17Cl2NO4S/c1-14-3-2-4-16(11-14)29-10-9-26-22(27)21(31-23(26)28)13-17-6-8-20(30-17)18-12-15(24)5-7-19(18)25/h2-8,11-13H,9-10H2,1H3/b21-13-. The normalized spacial score (nSPS) is 15.2. The largest absolute Gasteiger partial charge is 0.492 e. The summed E-state index contributed by atoms with van der Waals surface area (Å²) in [5.74, 6) is 1.28. The Morgan fingerprint density at radius 3 is 2.74 bits per heavy atom. The van der Waals surface area contributed by atoms with Gasteiger partial charge in [-0.2, -0.15) is 0 Å². The van der Waals surface area contributed by atoms with E-state index >= 15 is 0 Å². The second kappa shape index (κ2) is 9.22. The van der Waals surface area contributed by atoms with Crippen LogP contribution in [0.4, 0.5) is 4.79 Å². The van der Waals surface area contributed by atoms with Gasteiger partial charge in [0.15, 0.2) is 0 Å². The Morgan fingerprint density at radius 2 is 1.94 bits per heavy atom. The van der Waals surface area contributed by atoms with Gasteiger partial charge in [-0.3, -0.25) is 14.5 Å². The van der Waals surface area contributed by atoms with E-state index in [1.54, 1.807) is 36.4 Å². The summed E-state index contributed by atoms with van der Waals surface area (Å²) in [4.78, 5) is 26.4. The number of ether oxygens (including phenoxy) is 1. The molecule has 4 rings (SSSR count). The van der Waals surface area contributed by atoms with Crippen LogP contribution in [0.3, 0.4) is 0 Å². The molecule has 158 valence electrons. The molecule has 1 saturated heterocycles. The van der Waals surface area contributed by atoms with E-state index in [0.29, 0.717) is 37.8 Å².